The van der Waals surface area contributed by atoms with Gasteiger partial charge in [-0.25, -0.2) is 9.78 Å². The number of hydrogen-bond donors (Lipinski definition) is 2. The van der Waals surface area contributed by atoms with Crippen LogP contribution in [0.2, 0.25) is 10.0 Å². The van der Waals surface area contributed by atoms with Gasteiger partial charge in [0.25, 0.3) is 0 Å². The molecule has 0 aliphatic heterocycles. The van der Waals surface area contributed by atoms with E-state index in [2.05, 4.69) is 10.3 Å². The van der Waals surface area contributed by atoms with Gasteiger partial charge in [0.1, 0.15) is 30.4 Å². The Bertz CT molecular complexity index is 1910. The lowest BCUT2D eigenvalue weighted by Gasteiger charge is -2.17. The molecule has 0 aliphatic rings. The van der Waals surface area contributed by atoms with E-state index >= 15 is 0 Å². The number of carbonyl (C=O) groups is 2. The molecule has 0 aliphatic carbocycles. The van der Waals surface area contributed by atoms with Crippen molar-refractivity contribution in [2.45, 2.75) is 25.5 Å². The summed E-state index contributed by atoms with van der Waals surface area (Å²) in [5.41, 5.74) is 2.71. The van der Waals surface area contributed by atoms with E-state index in [1.54, 1.807) is 67.8 Å². The molecule has 13 heteroatoms. The van der Waals surface area contributed by atoms with Gasteiger partial charge in [0.15, 0.2) is 5.75 Å². The largest absolute Gasteiger partial charge is 0.497 e. The first-order valence-electron chi connectivity index (χ1n) is 14.1. The number of oxazole rings is 1. The normalized spacial score (nSPS) is 11.5. The summed E-state index contributed by atoms with van der Waals surface area (Å²) in [7, 11) is 1.55. The first kappa shape index (κ1) is 33.0. The molecule has 2 N–H and O–H groups in total. The maximum absolute atomic E-state index is 13.2. The Morgan fingerprint density at radius 1 is 0.979 bits per heavy atom. The second-order valence-corrected chi connectivity index (χ2v) is 11.2. The maximum Gasteiger partial charge on any atom is 0.335 e. The molecule has 5 aromatic rings. The number of rotatable bonds is 13. The first-order chi connectivity index (χ1) is 22.6. The summed E-state index contributed by atoms with van der Waals surface area (Å²) in [6.07, 6.45) is 1.56. The van der Waals surface area contributed by atoms with Crippen molar-refractivity contribution in [1.82, 2.24) is 10.3 Å². The fraction of sp³-hybridized carbons (Fsp3) is 0.147. The topological polar surface area (TPSA) is 154 Å². The average Bonchev–Trinajstić information content (AvgIpc) is 3.54. The standard InChI is InChI=1S/C34H27Cl2N3O8/c1-45-25-10-4-20(5-11-25)16-32(40)37-28(33-38-29(19-47-33)26-12-9-24(35)17-27(26)36)14-22-6-13-31(30(15-22)39(43)44)46-18-21-2-7-23(8-3-21)34(41)42/h2-13,15,17,19,28H,14,16,18H2,1H3,(H,37,40)(H,41,42)/t28-/m0/s1. The molecule has 47 heavy (non-hydrogen) atoms. The number of nitrogens with zero attached hydrogens (tertiary/aromatic N) is 2. The van der Waals surface area contributed by atoms with E-state index in [0.717, 1.165) is 5.56 Å². The van der Waals surface area contributed by atoms with Crippen LogP contribution in [0.1, 0.15) is 39.0 Å². The number of halogens is 2. The number of carboxylic acid groups (broad SMARTS) is 1. The third-order valence-corrected chi connectivity index (χ3v) is 7.69. The van der Waals surface area contributed by atoms with E-state index in [1.165, 1.54) is 30.5 Å². The van der Waals surface area contributed by atoms with Gasteiger partial charge >= 0.3 is 11.7 Å². The first-order valence-corrected chi connectivity index (χ1v) is 14.9. The molecule has 1 aromatic heterocycles. The van der Waals surface area contributed by atoms with Gasteiger partial charge in [-0.1, -0.05) is 53.5 Å². The van der Waals surface area contributed by atoms with Gasteiger partial charge in [-0.3, -0.25) is 14.9 Å². The van der Waals surface area contributed by atoms with Gasteiger partial charge in [-0.05, 0) is 65.2 Å². The van der Waals surface area contributed by atoms with Gasteiger partial charge < -0.3 is 24.3 Å². The van der Waals surface area contributed by atoms with Crippen molar-refractivity contribution in [3.05, 3.63) is 139 Å². The van der Waals surface area contributed by atoms with Crippen LogP contribution in [0.3, 0.4) is 0 Å². The minimum absolute atomic E-state index is 0.0174. The van der Waals surface area contributed by atoms with Crippen LogP contribution < -0.4 is 14.8 Å². The molecule has 0 unspecified atom stereocenters. The van der Waals surface area contributed by atoms with Crippen LogP contribution in [0.25, 0.3) is 11.3 Å². The quantitative estimate of drug-likeness (QED) is 0.0954. The number of carbonyl (C=O) groups excluding carboxylic acids is 1. The summed E-state index contributed by atoms with van der Waals surface area (Å²) < 4.78 is 16.7. The molecular formula is C34H27Cl2N3O8. The minimum Gasteiger partial charge on any atom is -0.497 e. The van der Waals surface area contributed by atoms with Crippen molar-refractivity contribution in [3.8, 4) is 22.8 Å². The van der Waals surface area contributed by atoms with E-state index in [1.807, 2.05) is 0 Å². The van der Waals surface area contributed by atoms with Crippen molar-refractivity contribution in [2.24, 2.45) is 0 Å². The average molecular weight is 677 g/mol. The number of aromatic nitrogens is 1. The van der Waals surface area contributed by atoms with Crippen molar-refractivity contribution >= 4 is 40.8 Å². The Kier molecular flexibility index (Phi) is 10.4. The third-order valence-electron chi connectivity index (χ3n) is 7.14. The lowest BCUT2D eigenvalue weighted by atomic mass is 10.0. The summed E-state index contributed by atoms with van der Waals surface area (Å²) in [6.45, 7) is -0.0174. The van der Waals surface area contributed by atoms with E-state index in [9.17, 15) is 19.7 Å². The summed E-state index contributed by atoms with van der Waals surface area (Å²) in [4.78, 5) is 40.4. The molecule has 1 heterocycles. The molecule has 0 saturated carbocycles. The highest BCUT2D eigenvalue weighted by Crippen LogP contribution is 2.33. The number of nitro groups is 1. The number of aromatic carboxylic acids is 1. The Morgan fingerprint density at radius 3 is 2.34 bits per heavy atom. The van der Waals surface area contributed by atoms with Crippen molar-refractivity contribution in [1.29, 1.82) is 0 Å². The number of amides is 1. The predicted molar refractivity (Wildman–Crippen MR) is 174 cm³/mol. The third kappa shape index (κ3) is 8.46. The second kappa shape index (κ2) is 14.8. The highest BCUT2D eigenvalue weighted by molar-refractivity contribution is 6.36. The van der Waals surface area contributed by atoms with Crippen LogP contribution in [0.15, 0.2) is 95.6 Å². The lowest BCUT2D eigenvalue weighted by molar-refractivity contribution is -0.386. The minimum atomic E-state index is -1.06. The molecule has 1 amide bonds. The number of carboxylic acids is 1. The zero-order valence-corrected chi connectivity index (χ0v) is 26.3. The number of nitro benzene ring substituents is 1. The molecule has 1 atom stereocenters. The zero-order chi connectivity index (χ0) is 33.5. The summed E-state index contributed by atoms with van der Waals surface area (Å²) in [5, 5.41) is 24.9. The summed E-state index contributed by atoms with van der Waals surface area (Å²) in [6, 6.07) is 21.7. The van der Waals surface area contributed by atoms with E-state index in [-0.39, 0.29) is 48.2 Å². The van der Waals surface area contributed by atoms with Gasteiger partial charge in [-0.15, -0.1) is 0 Å². The fourth-order valence-electron chi connectivity index (χ4n) is 4.74. The highest BCUT2D eigenvalue weighted by atomic mass is 35.5. The van der Waals surface area contributed by atoms with Crippen LogP contribution in [-0.2, 0) is 24.2 Å². The second-order valence-electron chi connectivity index (χ2n) is 10.4. The zero-order valence-electron chi connectivity index (χ0n) is 24.8. The smallest absolute Gasteiger partial charge is 0.335 e. The molecule has 0 radical (unpaired) electrons. The number of hydrogen-bond acceptors (Lipinski definition) is 8. The van der Waals surface area contributed by atoms with Crippen molar-refractivity contribution < 1.29 is 33.5 Å². The van der Waals surface area contributed by atoms with E-state index in [4.69, 9.17) is 42.2 Å². The SMILES string of the molecule is COc1ccc(CC(=O)N[C@@H](Cc2ccc(OCc3ccc(C(=O)O)cc3)c([N+](=O)[O-])c2)c2nc(-c3ccc(Cl)cc3Cl)co2)cc1. The molecule has 0 bridgehead atoms. The number of ether oxygens (including phenoxy) is 2. The van der Waals surface area contributed by atoms with Crippen LogP contribution in [-0.4, -0.2) is 34.0 Å². The van der Waals surface area contributed by atoms with Gasteiger partial charge in [-0.2, -0.15) is 0 Å². The van der Waals surface area contributed by atoms with Crippen molar-refractivity contribution in [3.63, 3.8) is 0 Å². The number of benzene rings is 4. The fourth-order valence-corrected chi connectivity index (χ4v) is 5.24. The van der Waals surface area contributed by atoms with Crippen molar-refractivity contribution in [2.75, 3.05) is 7.11 Å². The molecule has 240 valence electrons. The molecule has 4 aromatic carbocycles. The monoisotopic (exact) mass is 675 g/mol. The van der Waals surface area contributed by atoms with E-state index in [0.29, 0.717) is 38.2 Å². The Hall–Kier alpha value is -5.39. The Morgan fingerprint density at radius 2 is 1.68 bits per heavy atom. The summed E-state index contributed by atoms with van der Waals surface area (Å²) >= 11 is 12.4. The number of nitrogens with one attached hydrogen (secondary N) is 1. The Balaban J connectivity index is 1.39. The van der Waals surface area contributed by atoms with Crippen LogP contribution in [0.4, 0.5) is 5.69 Å². The summed E-state index contributed by atoms with van der Waals surface area (Å²) in [5.74, 6) is -0.536. The molecule has 0 spiro atoms. The van der Waals surface area contributed by atoms with Gasteiger partial charge in [0.2, 0.25) is 11.8 Å². The van der Waals surface area contributed by atoms with Gasteiger partial charge in [0, 0.05) is 23.1 Å². The van der Waals surface area contributed by atoms with E-state index < -0.39 is 16.9 Å². The number of methoxy groups -OCH3 is 1. The maximum atomic E-state index is 13.2. The van der Waals surface area contributed by atoms with Crippen LogP contribution >= 0.6 is 23.2 Å². The molecule has 0 saturated heterocycles. The Labute approximate surface area is 278 Å². The highest BCUT2D eigenvalue weighted by Gasteiger charge is 2.24. The predicted octanol–water partition coefficient (Wildman–Crippen LogP) is 7.49. The molecular weight excluding hydrogens is 649 g/mol. The lowest BCUT2D eigenvalue weighted by Crippen LogP contribution is -2.31. The van der Waals surface area contributed by atoms with Gasteiger partial charge in [0.05, 0.1) is 29.0 Å². The molecule has 11 nitrogen and oxygen atoms in total. The molecule has 5 rings (SSSR count). The van der Waals surface area contributed by atoms with Crippen LogP contribution in [0.5, 0.6) is 11.5 Å². The molecule has 0 fully saturated rings. The van der Waals surface area contributed by atoms with Crippen LogP contribution in [0, 0.1) is 10.1 Å².